The number of halogens is 4. The van der Waals surface area contributed by atoms with E-state index in [1.54, 1.807) is 36.4 Å². The van der Waals surface area contributed by atoms with Crippen LogP contribution in [0.3, 0.4) is 0 Å². The van der Waals surface area contributed by atoms with Gasteiger partial charge in [-0.05, 0) is 62.1 Å². The molecule has 14 heteroatoms. The third kappa shape index (κ3) is 13.9. The number of amides is 4. The zero-order valence-corrected chi connectivity index (χ0v) is 24.5. The van der Waals surface area contributed by atoms with E-state index in [9.17, 15) is 19.2 Å². The van der Waals surface area contributed by atoms with Crippen LogP contribution in [0.25, 0.3) is 0 Å². The fraction of sp³-hybridized carbons (Fsp3) is 0.385. The van der Waals surface area contributed by atoms with Gasteiger partial charge in [-0.2, -0.15) is 0 Å². The van der Waals surface area contributed by atoms with Gasteiger partial charge in [0.1, 0.15) is 11.5 Å². The van der Waals surface area contributed by atoms with Gasteiger partial charge in [-0.15, -0.1) is 0 Å². The number of carbonyl (C=O) groups is 4. The van der Waals surface area contributed by atoms with Crippen molar-refractivity contribution in [2.24, 2.45) is 0 Å². The molecule has 0 spiro atoms. The number of carbonyl (C=O) groups excluding carboxylic acids is 4. The fourth-order valence-corrected chi connectivity index (χ4v) is 4.04. The summed E-state index contributed by atoms with van der Waals surface area (Å²) in [6.45, 7) is 0.526. The van der Waals surface area contributed by atoms with Gasteiger partial charge in [-0.25, -0.2) is 0 Å². The predicted molar refractivity (Wildman–Crippen MR) is 153 cm³/mol. The molecule has 2 aromatic carbocycles. The molecule has 0 heterocycles. The molecule has 0 aliphatic carbocycles. The van der Waals surface area contributed by atoms with Crippen molar-refractivity contribution in [3.8, 4) is 11.5 Å². The maximum absolute atomic E-state index is 11.9. The zero-order chi connectivity index (χ0) is 29.3. The van der Waals surface area contributed by atoms with Crippen molar-refractivity contribution in [3.63, 3.8) is 0 Å². The van der Waals surface area contributed by atoms with Gasteiger partial charge in [0.2, 0.25) is 23.6 Å². The second kappa shape index (κ2) is 18.4. The quantitative estimate of drug-likeness (QED) is 0.157. The molecule has 218 valence electrons. The maximum atomic E-state index is 11.9. The van der Waals surface area contributed by atoms with E-state index in [4.69, 9.17) is 55.9 Å². The lowest BCUT2D eigenvalue weighted by Gasteiger charge is -2.10. The summed E-state index contributed by atoms with van der Waals surface area (Å²) in [5.41, 5.74) is 9.32. The van der Waals surface area contributed by atoms with E-state index in [-0.39, 0.29) is 62.5 Å². The van der Waals surface area contributed by atoms with E-state index in [1.807, 2.05) is 0 Å². The number of unbranched alkanes of at least 4 members (excludes halogenated alkanes) is 1. The van der Waals surface area contributed by atoms with Crippen molar-refractivity contribution in [1.82, 2.24) is 21.7 Å². The first-order valence-corrected chi connectivity index (χ1v) is 14.0. The molecule has 0 aliphatic heterocycles. The Morgan fingerprint density at radius 3 is 1.18 bits per heavy atom. The van der Waals surface area contributed by atoms with Crippen molar-refractivity contribution in [2.75, 3.05) is 13.2 Å². The molecule has 0 saturated carbocycles. The van der Waals surface area contributed by atoms with Gasteiger partial charge in [-0.1, -0.05) is 46.4 Å². The molecule has 0 fully saturated rings. The molecule has 2 aromatic rings. The third-order valence-electron chi connectivity index (χ3n) is 5.14. The summed E-state index contributed by atoms with van der Waals surface area (Å²) in [6.07, 6.45) is 2.19. The molecule has 0 bridgehead atoms. The van der Waals surface area contributed by atoms with Gasteiger partial charge in [0.15, 0.2) is 0 Å². The number of rotatable bonds is 15. The van der Waals surface area contributed by atoms with Gasteiger partial charge in [0.25, 0.3) is 0 Å². The fourth-order valence-electron chi connectivity index (χ4n) is 3.11. The van der Waals surface area contributed by atoms with Crippen LogP contribution >= 0.6 is 46.4 Å². The molecule has 2 rings (SSSR count). The Kier molecular flexibility index (Phi) is 15.3. The average Bonchev–Trinajstić information content (AvgIpc) is 2.91. The Bertz CT molecular complexity index is 1080. The number of hydrazine groups is 2. The summed E-state index contributed by atoms with van der Waals surface area (Å²) in [5, 5.41) is 1.75. The molecular formula is C26H30Cl4N4O6. The lowest BCUT2D eigenvalue weighted by Crippen LogP contribution is -2.42. The summed E-state index contributed by atoms with van der Waals surface area (Å²) in [5.74, 6) is -0.553. The normalized spacial score (nSPS) is 10.4. The highest BCUT2D eigenvalue weighted by Crippen LogP contribution is 2.28. The predicted octanol–water partition coefficient (Wildman–Crippen LogP) is 5.17. The average molecular weight is 636 g/mol. The van der Waals surface area contributed by atoms with E-state index >= 15 is 0 Å². The molecule has 0 atom stereocenters. The Morgan fingerprint density at radius 1 is 0.525 bits per heavy atom. The Labute approximate surface area is 252 Å². The van der Waals surface area contributed by atoms with Crippen molar-refractivity contribution < 1.29 is 28.7 Å². The maximum Gasteiger partial charge on any atom is 0.238 e. The minimum atomic E-state index is -0.381. The molecule has 0 aromatic heterocycles. The van der Waals surface area contributed by atoms with Crippen LogP contribution in [0.2, 0.25) is 20.1 Å². The lowest BCUT2D eigenvalue weighted by molar-refractivity contribution is -0.129. The van der Waals surface area contributed by atoms with Gasteiger partial charge >= 0.3 is 0 Å². The Morgan fingerprint density at radius 2 is 0.850 bits per heavy atom. The monoisotopic (exact) mass is 634 g/mol. The van der Waals surface area contributed by atoms with Crippen LogP contribution in [0, 0.1) is 0 Å². The lowest BCUT2D eigenvalue weighted by atomic mass is 10.2. The molecule has 4 amide bonds. The summed E-state index contributed by atoms with van der Waals surface area (Å²) in [6, 6.07) is 9.71. The number of benzene rings is 2. The number of hydrogen-bond acceptors (Lipinski definition) is 6. The van der Waals surface area contributed by atoms with E-state index < -0.39 is 0 Å². The van der Waals surface area contributed by atoms with E-state index in [0.29, 0.717) is 57.3 Å². The molecule has 4 N–H and O–H groups in total. The molecule has 10 nitrogen and oxygen atoms in total. The number of nitrogens with one attached hydrogen (secondary N) is 4. The molecule has 0 saturated heterocycles. The van der Waals surface area contributed by atoms with Crippen LogP contribution in [-0.2, 0) is 19.2 Å². The van der Waals surface area contributed by atoms with E-state index in [2.05, 4.69) is 21.7 Å². The first-order chi connectivity index (χ1) is 19.1. The highest BCUT2D eigenvalue weighted by Gasteiger charge is 2.09. The van der Waals surface area contributed by atoms with Crippen LogP contribution in [0.1, 0.15) is 51.4 Å². The van der Waals surface area contributed by atoms with Gasteiger partial charge in [0.05, 0.1) is 23.3 Å². The van der Waals surface area contributed by atoms with Crippen molar-refractivity contribution in [3.05, 3.63) is 56.5 Å². The second-order valence-electron chi connectivity index (χ2n) is 8.45. The minimum absolute atomic E-state index is 0.121. The van der Waals surface area contributed by atoms with Gasteiger partial charge in [-0.3, -0.25) is 40.9 Å². The summed E-state index contributed by atoms with van der Waals surface area (Å²) < 4.78 is 11.0. The molecule has 0 radical (unpaired) electrons. The Hall–Kier alpha value is -2.92. The standard InChI is InChI=1S/C26H30Cl4N4O6/c27-17-9-11-21(19(29)15-17)39-13-3-7-25(37)33-31-23(35)5-1-2-6-24(36)32-34-26(38)8-4-14-40-22-12-10-18(28)16-20(22)30/h9-12,15-16H,1-8,13-14H2,(H,31,35)(H,32,36)(H,33,37)(H,34,38). The van der Waals surface area contributed by atoms with E-state index in [1.165, 1.54) is 0 Å². The smallest absolute Gasteiger partial charge is 0.238 e. The van der Waals surface area contributed by atoms with Crippen molar-refractivity contribution >= 4 is 70.0 Å². The molecular weight excluding hydrogens is 606 g/mol. The highest BCUT2D eigenvalue weighted by molar-refractivity contribution is 6.36. The van der Waals surface area contributed by atoms with Crippen LogP contribution < -0.4 is 31.2 Å². The zero-order valence-electron chi connectivity index (χ0n) is 21.5. The SMILES string of the molecule is O=C(CCCCC(=O)NNC(=O)CCCOc1ccc(Cl)cc1Cl)NNC(=O)CCCOc1ccc(Cl)cc1Cl. The number of ether oxygens (including phenoxy) is 2. The molecule has 0 aliphatic rings. The van der Waals surface area contributed by atoms with E-state index in [0.717, 1.165) is 0 Å². The molecule has 40 heavy (non-hydrogen) atoms. The first kappa shape index (κ1) is 33.3. The first-order valence-electron chi connectivity index (χ1n) is 12.4. The largest absolute Gasteiger partial charge is 0.492 e. The van der Waals surface area contributed by atoms with Crippen LogP contribution in [0.5, 0.6) is 11.5 Å². The second-order valence-corrected chi connectivity index (χ2v) is 10.1. The van der Waals surface area contributed by atoms with Crippen LogP contribution in [0.4, 0.5) is 0 Å². The third-order valence-corrected chi connectivity index (χ3v) is 6.20. The summed E-state index contributed by atoms with van der Waals surface area (Å²) >= 11 is 23.7. The van der Waals surface area contributed by atoms with Crippen LogP contribution in [0.15, 0.2) is 36.4 Å². The Balaban J connectivity index is 1.44. The summed E-state index contributed by atoms with van der Waals surface area (Å²) in [7, 11) is 0. The number of hydrogen-bond donors (Lipinski definition) is 4. The topological polar surface area (TPSA) is 135 Å². The molecule has 0 unspecified atom stereocenters. The minimum Gasteiger partial charge on any atom is -0.492 e. The summed E-state index contributed by atoms with van der Waals surface area (Å²) in [4.78, 5) is 47.5. The highest BCUT2D eigenvalue weighted by atomic mass is 35.5. The van der Waals surface area contributed by atoms with Crippen molar-refractivity contribution in [2.45, 2.75) is 51.4 Å². The van der Waals surface area contributed by atoms with Gasteiger partial charge < -0.3 is 9.47 Å². The van der Waals surface area contributed by atoms with Crippen LogP contribution in [-0.4, -0.2) is 36.8 Å². The van der Waals surface area contributed by atoms with Gasteiger partial charge in [0, 0.05) is 35.7 Å². The van der Waals surface area contributed by atoms with Crippen molar-refractivity contribution in [1.29, 1.82) is 0 Å².